The van der Waals surface area contributed by atoms with Crippen molar-refractivity contribution >= 4 is 17.5 Å². The minimum Gasteiger partial charge on any atom is -0.381 e. The van der Waals surface area contributed by atoms with Gasteiger partial charge in [0.15, 0.2) is 0 Å². The zero-order chi connectivity index (χ0) is 17.0. The highest BCUT2D eigenvalue weighted by atomic mass is 35.5. The molecule has 3 rings (SSSR count). The van der Waals surface area contributed by atoms with E-state index >= 15 is 0 Å². The molecule has 5 heteroatoms. The smallest absolute Gasteiger partial charge is 0.248 e. The molecule has 0 spiro atoms. The molecular weight excluding hydrogens is 324 g/mol. The number of benzene rings is 2. The first-order valence-electron chi connectivity index (χ1n) is 8.07. The van der Waals surface area contributed by atoms with Crippen LogP contribution in [0.2, 0.25) is 5.02 Å². The number of nitrogens with one attached hydrogen (secondary N) is 1. The van der Waals surface area contributed by atoms with E-state index in [-0.39, 0.29) is 5.54 Å². The highest BCUT2D eigenvalue weighted by Crippen LogP contribution is 2.33. The number of ether oxygens (including phenoxy) is 1. The molecule has 1 saturated heterocycles. The molecule has 0 unspecified atom stereocenters. The van der Waals surface area contributed by atoms with Gasteiger partial charge in [-0.3, -0.25) is 4.79 Å². The van der Waals surface area contributed by atoms with Crippen LogP contribution in [-0.4, -0.2) is 19.1 Å². The molecule has 1 heterocycles. The predicted octanol–water partition coefficient (Wildman–Crippen LogP) is 3.23. The summed E-state index contributed by atoms with van der Waals surface area (Å²) in [6.45, 7) is 2.17. The van der Waals surface area contributed by atoms with Crippen LogP contribution < -0.4 is 11.1 Å². The Morgan fingerprint density at radius 2 is 1.71 bits per heavy atom. The molecule has 1 amide bonds. The maximum atomic E-state index is 11.2. The van der Waals surface area contributed by atoms with E-state index in [4.69, 9.17) is 22.1 Å². The number of hydrogen-bond donors (Lipinski definition) is 2. The first-order chi connectivity index (χ1) is 11.6. The van der Waals surface area contributed by atoms with Crippen LogP contribution >= 0.6 is 11.6 Å². The van der Waals surface area contributed by atoms with Crippen LogP contribution in [0.4, 0.5) is 0 Å². The Morgan fingerprint density at radius 1 is 1.08 bits per heavy atom. The highest BCUT2D eigenvalue weighted by molar-refractivity contribution is 6.30. The van der Waals surface area contributed by atoms with Gasteiger partial charge in [-0.05, 0) is 48.2 Å². The van der Waals surface area contributed by atoms with Crippen molar-refractivity contribution in [1.82, 2.24) is 5.32 Å². The van der Waals surface area contributed by atoms with Gasteiger partial charge in [-0.25, -0.2) is 0 Å². The van der Waals surface area contributed by atoms with Gasteiger partial charge < -0.3 is 15.8 Å². The fourth-order valence-corrected chi connectivity index (χ4v) is 3.24. The summed E-state index contributed by atoms with van der Waals surface area (Å²) in [5.41, 5.74) is 8.03. The summed E-state index contributed by atoms with van der Waals surface area (Å²) in [7, 11) is 0. The third-order valence-corrected chi connectivity index (χ3v) is 4.86. The topological polar surface area (TPSA) is 64.4 Å². The first-order valence-corrected chi connectivity index (χ1v) is 8.44. The van der Waals surface area contributed by atoms with Crippen molar-refractivity contribution in [2.45, 2.75) is 24.9 Å². The number of carbonyl (C=O) groups is 1. The summed E-state index contributed by atoms with van der Waals surface area (Å²) >= 11 is 6.03. The molecule has 1 fully saturated rings. The monoisotopic (exact) mass is 344 g/mol. The second kappa shape index (κ2) is 7.34. The molecule has 0 aromatic heterocycles. The van der Waals surface area contributed by atoms with E-state index in [1.54, 1.807) is 12.1 Å². The van der Waals surface area contributed by atoms with Crippen molar-refractivity contribution in [2.24, 2.45) is 5.73 Å². The van der Waals surface area contributed by atoms with Crippen molar-refractivity contribution in [3.63, 3.8) is 0 Å². The van der Waals surface area contributed by atoms with Crippen LogP contribution in [0.5, 0.6) is 0 Å². The molecule has 1 aliphatic rings. The Labute approximate surface area is 147 Å². The lowest BCUT2D eigenvalue weighted by Crippen LogP contribution is -2.46. The van der Waals surface area contributed by atoms with Gasteiger partial charge in [0.2, 0.25) is 5.91 Å². The van der Waals surface area contributed by atoms with Gasteiger partial charge in [0.05, 0.1) is 0 Å². The van der Waals surface area contributed by atoms with Gasteiger partial charge in [0.25, 0.3) is 0 Å². The largest absolute Gasteiger partial charge is 0.381 e. The molecule has 0 bridgehead atoms. The minimum absolute atomic E-state index is 0.120. The normalized spacial score (nSPS) is 16.7. The molecule has 2 aromatic rings. The second-order valence-corrected chi connectivity index (χ2v) is 6.55. The van der Waals surface area contributed by atoms with Crippen LogP contribution in [0, 0.1) is 0 Å². The van der Waals surface area contributed by atoms with E-state index in [2.05, 4.69) is 17.4 Å². The SMILES string of the molecule is NC(=O)c1ccc(CNC2(c3ccc(Cl)cc3)CCOCC2)cc1. The van der Waals surface area contributed by atoms with Crippen molar-refractivity contribution in [3.8, 4) is 0 Å². The predicted molar refractivity (Wildman–Crippen MR) is 95.0 cm³/mol. The fourth-order valence-electron chi connectivity index (χ4n) is 3.11. The molecule has 126 valence electrons. The van der Waals surface area contributed by atoms with Crippen molar-refractivity contribution < 1.29 is 9.53 Å². The standard InChI is InChI=1S/C19H21ClN2O2/c20-17-7-5-16(6-8-17)19(9-11-24-12-10-19)22-13-14-1-3-15(4-2-14)18(21)23/h1-8,22H,9-13H2,(H2,21,23). The van der Waals surface area contributed by atoms with Crippen LogP contribution in [-0.2, 0) is 16.8 Å². The van der Waals surface area contributed by atoms with E-state index in [0.29, 0.717) is 12.1 Å². The average Bonchev–Trinajstić information content (AvgIpc) is 2.62. The average molecular weight is 345 g/mol. The number of hydrogen-bond acceptors (Lipinski definition) is 3. The summed E-state index contributed by atoms with van der Waals surface area (Å²) < 4.78 is 5.55. The van der Waals surface area contributed by atoms with E-state index in [1.807, 2.05) is 24.3 Å². The summed E-state index contributed by atoms with van der Waals surface area (Å²) in [6, 6.07) is 15.4. The molecule has 1 aliphatic heterocycles. The lowest BCUT2D eigenvalue weighted by Gasteiger charge is -2.39. The van der Waals surface area contributed by atoms with Crippen LogP contribution in [0.1, 0.15) is 34.3 Å². The maximum absolute atomic E-state index is 11.2. The number of primary amides is 1. The Balaban J connectivity index is 1.77. The van der Waals surface area contributed by atoms with Gasteiger partial charge in [0, 0.05) is 35.9 Å². The quantitative estimate of drug-likeness (QED) is 0.875. The van der Waals surface area contributed by atoms with Crippen molar-refractivity contribution in [1.29, 1.82) is 0 Å². The Hall–Kier alpha value is -1.88. The molecule has 0 aliphatic carbocycles. The molecule has 3 N–H and O–H groups in total. The first kappa shape index (κ1) is 17.0. The van der Waals surface area contributed by atoms with Gasteiger partial charge >= 0.3 is 0 Å². The number of halogens is 1. The van der Waals surface area contributed by atoms with E-state index in [9.17, 15) is 4.79 Å². The summed E-state index contributed by atoms with van der Waals surface area (Å²) in [5.74, 6) is -0.406. The Morgan fingerprint density at radius 3 is 2.29 bits per heavy atom. The number of nitrogens with two attached hydrogens (primary N) is 1. The Kier molecular flexibility index (Phi) is 5.19. The molecular formula is C19H21ClN2O2. The third kappa shape index (κ3) is 3.78. The van der Waals surface area contributed by atoms with E-state index < -0.39 is 5.91 Å². The minimum atomic E-state index is -0.406. The van der Waals surface area contributed by atoms with Gasteiger partial charge in [-0.2, -0.15) is 0 Å². The Bertz CT molecular complexity index is 692. The van der Waals surface area contributed by atoms with Crippen LogP contribution in [0.25, 0.3) is 0 Å². The lowest BCUT2D eigenvalue weighted by molar-refractivity contribution is 0.0358. The zero-order valence-electron chi connectivity index (χ0n) is 13.4. The van der Waals surface area contributed by atoms with Gasteiger partial charge in [0.1, 0.15) is 0 Å². The fraction of sp³-hybridized carbons (Fsp3) is 0.316. The third-order valence-electron chi connectivity index (χ3n) is 4.61. The zero-order valence-corrected chi connectivity index (χ0v) is 14.2. The summed E-state index contributed by atoms with van der Waals surface area (Å²) in [6.07, 6.45) is 1.82. The highest BCUT2D eigenvalue weighted by Gasteiger charge is 2.33. The molecule has 2 aromatic carbocycles. The summed E-state index contributed by atoms with van der Waals surface area (Å²) in [5, 5.41) is 4.44. The number of amides is 1. The molecule has 0 atom stereocenters. The molecule has 24 heavy (non-hydrogen) atoms. The van der Waals surface area contributed by atoms with Gasteiger partial charge in [-0.1, -0.05) is 35.9 Å². The summed E-state index contributed by atoms with van der Waals surface area (Å²) in [4.78, 5) is 11.2. The van der Waals surface area contributed by atoms with Crippen molar-refractivity contribution in [2.75, 3.05) is 13.2 Å². The van der Waals surface area contributed by atoms with Crippen LogP contribution in [0.3, 0.4) is 0 Å². The van der Waals surface area contributed by atoms with Crippen LogP contribution in [0.15, 0.2) is 48.5 Å². The van der Waals surface area contributed by atoms with E-state index in [0.717, 1.165) is 36.6 Å². The van der Waals surface area contributed by atoms with Crippen molar-refractivity contribution in [3.05, 3.63) is 70.2 Å². The van der Waals surface area contributed by atoms with E-state index in [1.165, 1.54) is 5.56 Å². The molecule has 0 saturated carbocycles. The number of rotatable bonds is 5. The number of carbonyl (C=O) groups excluding carboxylic acids is 1. The lowest BCUT2D eigenvalue weighted by atomic mass is 9.82. The maximum Gasteiger partial charge on any atom is 0.248 e. The van der Waals surface area contributed by atoms with Gasteiger partial charge in [-0.15, -0.1) is 0 Å². The second-order valence-electron chi connectivity index (χ2n) is 6.12. The molecule has 0 radical (unpaired) electrons. The molecule has 4 nitrogen and oxygen atoms in total.